The molecule has 0 aliphatic carbocycles. The molecule has 1 heterocycles. The van der Waals surface area contributed by atoms with Gasteiger partial charge in [-0.2, -0.15) is 0 Å². The van der Waals surface area contributed by atoms with E-state index in [-0.39, 0.29) is 11.6 Å². The molecule has 3 nitrogen and oxygen atoms in total. The molecule has 0 aromatic carbocycles. The second-order valence-corrected chi connectivity index (χ2v) is 4.85. The lowest BCUT2D eigenvalue weighted by Gasteiger charge is -2.38. The van der Waals surface area contributed by atoms with Crippen molar-refractivity contribution in [2.75, 3.05) is 20.3 Å². The van der Waals surface area contributed by atoms with Gasteiger partial charge in [0.25, 0.3) is 0 Å². The van der Waals surface area contributed by atoms with Crippen molar-refractivity contribution in [3.63, 3.8) is 0 Å². The molecule has 0 bridgehead atoms. The summed E-state index contributed by atoms with van der Waals surface area (Å²) in [6.45, 7) is 8.31. The molecule has 3 heteroatoms. The van der Waals surface area contributed by atoms with E-state index in [0.29, 0.717) is 0 Å². The van der Waals surface area contributed by atoms with Crippen molar-refractivity contribution < 1.29 is 9.47 Å². The number of ether oxygens (including phenoxy) is 2. The van der Waals surface area contributed by atoms with Crippen molar-refractivity contribution in [2.45, 2.75) is 58.1 Å². The van der Waals surface area contributed by atoms with Gasteiger partial charge in [-0.3, -0.25) is 0 Å². The SMILES string of the molecule is CCCNC(C1=CCCCO1)C(C)(CC)OC. The Hall–Kier alpha value is -0.540. The van der Waals surface area contributed by atoms with E-state index in [1.807, 2.05) is 0 Å². The summed E-state index contributed by atoms with van der Waals surface area (Å²) in [5, 5.41) is 3.56. The first-order valence-corrected chi connectivity index (χ1v) is 6.79. The third-order valence-electron chi connectivity index (χ3n) is 3.62. The molecule has 0 saturated heterocycles. The van der Waals surface area contributed by atoms with E-state index in [1.165, 1.54) is 0 Å². The molecule has 0 spiro atoms. The van der Waals surface area contributed by atoms with Gasteiger partial charge in [0.15, 0.2) is 0 Å². The molecule has 1 aliphatic rings. The first-order valence-electron chi connectivity index (χ1n) is 6.79. The van der Waals surface area contributed by atoms with E-state index in [9.17, 15) is 0 Å². The van der Waals surface area contributed by atoms with Gasteiger partial charge in [0, 0.05) is 7.11 Å². The molecule has 0 saturated carbocycles. The number of hydrogen-bond acceptors (Lipinski definition) is 3. The van der Waals surface area contributed by atoms with Crippen LogP contribution >= 0.6 is 0 Å². The minimum absolute atomic E-state index is 0.165. The molecule has 2 atom stereocenters. The molecule has 0 aromatic rings. The van der Waals surface area contributed by atoms with E-state index in [2.05, 4.69) is 32.2 Å². The molecule has 1 N–H and O–H groups in total. The van der Waals surface area contributed by atoms with Crippen molar-refractivity contribution in [1.82, 2.24) is 5.32 Å². The highest BCUT2D eigenvalue weighted by atomic mass is 16.5. The summed E-state index contributed by atoms with van der Waals surface area (Å²) in [4.78, 5) is 0. The van der Waals surface area contributed by atoms with Crippen molar-refractivity contribution in [1.29, 1.82) is 0 Å². The topological polar surface area (TPSA) is 30.5 Å². The Morgan fingerprint density at radius 1 is 1.53 bits per heavy atom. The quantitative estimate of drug-likeness (QED) is 0.743. The third-order valence-corrected chi connectivity index (χ3v) is 3.62. The minimum atomic E-state index is -0.196. The second kappa shape index (κ2) is 7.02. The Balaban J connectivity index is 2.81. The van der Waals surface area contributed by atoms with Crippen LogP contribution in [0.5, 0.6) is 0 Å². The van der Waals surface area contributed by atoms with E-state index in [4.69, 9.17) is 9.47 Å². The van der Waals surface area contributed by atoms with Gasteiger partial charge in [0.05, 0.1) is 18.2 Å². The first-order chi connectivity index (χ1) is 8.18. The summed E-state index contributed by atoms with van der Waals surface area (Å²) in [7, 11) is 1.79. The summed E-state index contributed by atoms with van der Waals surface area (Å²) in [6.07, 6.45) is 6.53. The van der Waals surface area contributed by atoms with Gasteiger partial charge < -0.3 is 14.8 Å². The van der Waals surface area contributed by atoms with Gasteiger partial charge in [0.1, 0.15) is 5.76 Å². The van der Waals surface area contributed by atoms with Crippen molar-refractivity contribution in [3.8, 4) is 0 Å². The Labute approximate surface area is 106 Å². The summed E-state index contributed by atoms with van der Waals surface area (Å²) >= 11 is 0. The summed E-state index contributed by atoms with van der Waals surface area (Å²) < 4.78 is 11.5. The second-order valence-electron chi connectivity index (χ2n) is 4.85. The Kier molecular flexibility index (Phi) is 6.00. The fourth-order valence-corrected chi connectivity index (χ4v) is 2.15. The van der Waals surface area contributed by atoms with Gasteiger partial charge in [0.2, 0.25) is 0 Å². The maximum Gasteiger partial charge on any atom is 0.112 e. The van der Waals surface area contributed by atoms with E-state index < -0.39 is 0 Å². The normalized spacial score (nSPS) is 21.3. The maximum absolute atomic E-state index is 5.81. The molecule has 2 unspecified atom stereocenters. The van der Waals surface area contributed by atoms with Crippen molar-refractivity contribution >= 4 is 0 Å². The number of nitrogens with one attached hydrogen (secondary N) is 1. The lowest BCUT2D eigenvalue weighted by atomic mass is 9.90. The molecular formula is C14H27NO2. The van der Waals surface area contributed by atoms with Crippen LogP contribution in [0.1, 0.15) is 46.5 Å². The zero-order valence-corrected chi connectivity index (χ0v) is 11.7. The predicted octanol–water partition coefficient (Wildman–Crippen LogP) is 2.86. The van der Waals surface area contributed by atoms with Crippen LogP contribution in [-0.2, 0) is 9.47 Å². The fourth-order valence-electron chi connectivity index (χ4n) is 2.15. The zero-order chi connectivity index (χ0) is 12.7. The van der Waals surface area contributed by atoms with Crippen LogP contribution in [0.2, 0.25) is 0 Å². The molecule has 17 heavy (non-hydrogen) atoms. The lowest BCUT2D eigenvalue weighted by Crippen LogP contribution is -2.52. The van der Waals surface area contributed by atoms with Gasteiger partial charge in [-0.15, -0.1) is 0 Å². The van der Waals surface area contributed by atoms with Crippen LogP contribution in [-0.4, -0.2) is 31.9 Å². The van der Waals surface area contributed by atoms with E-state index in [0.717, 1.165) is 44.6 Å². The van der Waals surface area contributed by atoms with Crippen LogP contribution in [0.3, 0.4) is 0 Å². The van der Waals surface area contributed by atoms with Crippen LogP contribution in [0.25, 0.3) is 0 Å². The van der Waals surface area contributed by atoms with Gasteiger partial charge in [-0.25, -0.2) is 0 Å². The molecule has 0 fully saturated rings. The average molecular weight is 241 g/mol. The van der Waals surface area contributed by atoms with Crippen molar-refractivity contribution in [2.24, 2.45) is 0 Å². The van der Waals surface area contributed by atoms with E-state index in [1.54, 1.807) is 7.11 Å². The number of hydrogen-bond donors (Lipinski definition) is 1. The molecule has 1 aliphatic heterocycles. The zero-order valence-electron chi connectivity index (χ0n) is 11.7. The monoisotopic (exact) mass is 241 g/mol. The lowest BCUT2D eigenvalue weighted by molar-refractivity contribution is -0.0353. The van der Waals surface area contributed by atoms with Gasteiger partial charge >= 0.3 is 0 Å². The average Bonchev–Trinajstić information content (AvgIpc) is 2.40. The molecular weight excluding hydrogens is 214 g/mol. The number of allylic oxidation sites excluding steroid dienone is 1. The fraction of sp³-hybridized carbons (Fsp3) is 0.857. The molecule has 1 rings (SSSR count). The molecule has 0 amide bonds. The van der Waals surface area contributed by atoms with Gasteiger partial charge in [-0.1, -0.05) is 13.8 Å². The number of rotatable bonds is 7. The molecule has 100 valence electrons. The Morgan fingerprint density at radius 2 is 2.29 bits per heavy atom. The van der Waals surface area contributed by atoms with Crippen LogP contribution < -0.4 is 5.32 Å². The predicted molar refractivity (Wildman–Crippen MR) is 71.1 cm³/mol. The summed E-state index contributed by atoms with van der Waals surface area (Å²) in [5.74, 6) is 1.07. The minimum Gasteiger partial charge on any atom is -0.496 e. The van der Waals surface area contributed by atoms with Crippen molar-refractivity contribution in [3.05, 3.63) is 11.8 Å². The highest BCUT2D eigenvalue weighted by Gasteiger charge is 2.36. The Bertz CT molecular complexity index is 247. The maximum atomic E-state index is 5.81. The Morgan fingerprint density at radius 3 is 2.76 bits per heavy atom. The highest BCUT2D eigenvalue weighted by molar-refractivity contribution is 5.12. The summed E-state index contributed by atoms with van der Waals surface area (Å²) in [5.41, 5.74) is -0.196. The van der Waals surface area contributed by atoms with Gasteiger partial charge in [-0.05, 0) is 45.2 Å². The molecule has 0 aromatic heterocycles. The third kappa shape index (κ3) is 3.71. The smallest absolute Gasteiger partial charge is 0.112 e. The van der Waals surface area contributed by atoms with Crippen LogP contribution in [0.4, 0.5) is 0 Å². The van der Waals surface area contributed by atoms with Crippen LogP contribution in [0.15, 0.2) is 11.8 Å². The highest BCUT2D eigenvalue weighted by Crippen LogP contribution is 2.27. The summed E-state index contributed by atoms with van der Waals surface area (Å²) in [6, 6.07) is 0.165. The number of methoxy groups -OCH3 is 1. The van der Waals surface area contributed by atoms with Crippen LogP contribution in [0, 0.1) is 0 Å². The standard InChI is InChI=1S/C14H27NO2/c1-5-10-15-13(14(3,6-2)16-4)12-9-7-8-11-17-12/h9,13,15H,5-8,10-11H2,1-4H3. The largest absolute Gasteiger partial charge is 0.496 e. The van der Waals surface area contributed by atoms with E-state index >= 15 is 0 Å². The molecule has 0 radical (unpaired) electrons. The first kappa shape index (κ1) is 14.5.